The largest absolute Gasteiger partial charge is 0.445 e. The van der Waals surface area contributed by atoms with E-state index in [2.05, 4.69) is 5.32 Å². The lowest BCUT2D eigenvalue weighted by atomic mass is 9.91. The van der Waals surface area contributed by atoms with Crippen molar-refractivity contribution in [1.82, 2.24) is 10.2 Å². The molecular weight excluding hydrogens is 320 g/mol. The molecule has 1 atom stereocenters. The SMILES string of the molecule is CC(C)(C)OC(=O)N1CCC[C@](C)(NC(=O)OCc2ccccc2)C1. The predicted octanol–water partition coefficient (Wildman–Crippen LogP) is 3.70. The minimum atomic E-state index is -0.535. The molecule has 1 N–H and O–H groups in total. The highest BCUT2D eigenvalue weighted by molar-refractivity contribution is 5.70. The maximum Gasteiger partial charge on any atom is 0.410 e. The first-order chi connectivity index (χ1) is 11.7. The van der Waals surface area contributed by atoms with Crippen LogP contribution in [0.15, 0.2) is 30.3 Å². The molecule has 0 saturated carbocycles. The number of rotatable bonds is 3. The standard InChI is InChI=1S/C19H28N2O4/c1-18(2,3)25-17(23)21-12-8-11-19(4,14-21)20-16(22)24-13-15-9-6-5-7-10-15/h5-7,9-10H,8,11-14H2,1-4H3,(H,20,22)/t19-/m0/s1. The van der Waals surface area contributed by atoms with E-state index in [4.69, 9.17) is 9.47 Å². The van der Waals surface area contributed by atoms with Crippen LogP contribution in [0.3, 0.4) is 0 Å². The average molecular weight is 348 g/mol. The van der Waals surface area contributed by atoms with E-state index in [1.807, 2.05) is 58.0 Å². The van der Waals surface area contributed by atoms with Crippen LogP contribution in [0.2, 0.25) is 0 Å². The minimum absolute atomic E-state index is 0.221. The van der Waals surface area contributed by atoms with E-state index in [1.165, 1.54) is 0 Å². The van der Waals surface area contributed by atoms with Gasteiger partial charge < -0.3 is 19.7 Å². The summed E-state index contributed by atoms with van der Waals surface area (Å²) in [5.41, 5.74) is -0.127. The van der Waals surface area contributed by atoms with Gasteiger partial charge in [-0.1, -0.05) is 30.3 Å². The van der Waals surface area contributed by atoms with E-state index in [9.17, 15) is 9.59 Å². The smallest absolute Gasteiger partial charge is 0.410 e. The van der Waals surface area contributed by atoms with Crippen molar-refractivity contribution in [2.45, 2.75) is 58.3 Å². The lowest BCUT2D eigenvalue weighted by molar-refractivity contribution is 0.0117. The minimum Gasteiger partial charge on any atom is -0.445 e. The Balaban J connectivity index is 1.87. The van der Waals surface area contributed by atoms with E-state index in [1.54, 1.807) is 4.90 Å². The maximum atomic E-state index is 12.3. The summed E-state index contributed by atoms with van der Waals surface area (Å²) in [6.07, 6.45) is 0.761. The molecular formula is C19H28N2O4. The number of benzene rings is 1. The Kier molecular flexibility index (Phi) is 5.93. The van der Waals surface area contributed by atoms with Crippen LogP contribution in [0.4, 0.5) is 9.59 Å². The zero-order valence-electron chi connectivity index (χ0n) is 15.5. The van der Waals surface area contributed by atoms with Crippen LogP contribution in [-0.2, 0) is 16.1 Å². The molecule has 0 aliphatic carbocycles. The molecule has 1 saturated heterocycles. The Bertz CT molecular complexity index is 597. The van der Waals surface area contributed by atoms with Crippen molar-refractivity contribution < 1.29 is 19.1 Å². The van der Waals surface area contributed by atoms with Gasteiger partial charge in [0.15, 0.2) is 0 Å². The van der Waals surface area contributed by atoms with Crippen molar-refractivity contribution in [1.29, 1.82) is 0 Å². The third-order valence-corrected chi connectivity index (χ3v) is 3.96. The Morgan fingerprint density at radius 3 is 2.56 bits per heavy atom. The van der Waals surface area contributed by atoms with Gasteiger partial charge in [-0.2, -0.15) is 0 Å². The van der Waals surface area contributed by atoms with E-state index in [0.717, 1.165) is 18.4 Å². The lowest BCUT2D eigenvalue weighted by Crippen LogP contribution is -2.58. The molecule has 6 nitrogen and oxygen atoms in total. The zero-order chi connectivity index (χ0) is 18.5. The number of piperidine rings is 1. The molecule has 1 aromatic carbocycles. The van der Waals surface area contributed by atoms with E-state index in [0.29, 0.717) is 13.1 Å². The molecule has 2 amide bonds. The molecule has 1 aromatic rings. The first-order valence-electron chi connectivity index (χ1n) is 8.64. The van der Waals surface area contributed by atoms with Crippen molar-refractivity contribution in [3.8, 4) is 0 Å². The Morgan fingerprint density at radius 1 is 1.24 bits per heavy atom. The summed E-state index contributed by atoms with van der Waals surface area (Å²) < 4.78 is 10.7. The number of hydrogen-bond acceptors (Lipinski definition) is 4. The summed E-state index contributed by atoms with van der Waals surface area (Å²) in [5, 5.41) is 2.90. The number of ether oxygens (including phenoxy) is 2. The number of likely N-dealkylation sites (tertiary alicyclic amines) is 1. The second-order valence-electron chi connectivity index (χ2n) is 7.75. The van der Waals surface area contributed by atoms with Crippen molar-refractivity contribution >= 4 is 12.2 Å². The normalized spacial score (nSPS) is 20.7. The molecule has 1 fully saturated rings. The third-order valence-electron chi connectivity index (χ3n) is 3.96. The van der Waals surface area contributed by atoms with E-state index >= 15 is 0 Å². The molecule has 6 heteroatoms. The number of alkyl carbamates (subject to hydrolysis) is 1. The number of nitrogens with zero attached hydrogens (tertiary/aromatic N) is 1. The van der Waals surface area contributed by atoms with Gasteiger partial charge in [-0.05, 0) is 46.1 Å². The predicted molar refractivity (Wildman–Crippen MR) is 95.2 cm³/mol. The fourth-order valence-electron chi connectivity index (χ4n) is 2.83. The summed E-state index contributed by atoms with van der Waals surface area (Å²) in [7, 11) is 0. The average Bonchev–Trinajstić information content (AvgIpc) is 2.52. The Labute approximate surface area is 149 Å². The zero-order valence-corrected chi connectivity index (χ0v) is 15.5. The van der Waals surface area contributed by atoms with Gasteiger partial charge in [0, 0.05) is 13.1 Å². The summed E-state index contributed by atoms with van der Waals surface area (Å²) in [4.78, 5) is 26.0. The Hall–Kier alpha value is -2.24. The first kappa shape index (κ1) is 19.1. The molecule has 138 valence electrons. The van der Waals surface area contributed by atoms with Crippen LogP contribution >= 0.6 is 0 Å². The topological polar surface area (TPSA) is 67.9 Å². The van der Waals surface area contributed by atoms with Gasteiger partial charge in [0.05, 0.1) is 5.54 Å². The molecule has 0 unspecified atom stereocenters. The summed E-state index contributed by atoms with van der Waals surface area (Å²) in [6.45, 7) is 8.70. The van der Waals surface area contributed by atoms with Gasteiger partial charge in [-0.3, -0.25) is 0 Å². The molecule has 0 bridgehead atoms. The molecule has 1 aliphatic rings. The van der Waals surface area contributed by atoms with Crippen molar-refractivity contribution in [2.75, 3.05) is 13.1 Å². The highest BCUT2D eigenvalue weighted by Gasteiger charge is 2.36. The van der Waals surface area contributed by atoms with Crippen LogP contribution in [0.5, 0.6) is 0 Å². The Morgan fingerprint density at radius 2 is 1.92 bits per heavy atom. The second-order valence-corrected chi connectivity index (χ2v) is 7.75. The number of hydrogen-bond donors (Lipinski definition) is 1. The van der Waals surface area contributed by atoms with Gasteiger partial charge in [0.25, 0.3) is 0 Å². The molecule has 0 spiro atoms. The number of carbonyl (C=O) groups is 2. The lowest BCUT2D eigenvalue weighted by Gasteiger charge is -2.40. The van der Waals surface area contributed by atoms with Crippen LogP contribution in [0.1, 0.15) is 46.1 Å². The fraction of sp³-hybridized carbons (Fsp3) is 0.579. The van der Waals surface area contributed by atoms with Gasteiger partial charge in [0.1, 0.15) is 12.2 Å². The molecule has 1 aliphatic heterocycles. The fourth-order valence-corrected chi connectivity index (χ4v) is 2.83. The molecule has 2 rings (SSSR count). The number of nitrogens with one attached hydrogen (secondary N) is 1. The molecule has 0 aromatic heterocycles. The summed E-state index contributed by atoms with van der Waals surface area (Å²) in [6, 6.07) is 9.52. The van der Waals surface area contributed by atoms with Gasteiger partial charge in [-0.25, -0.2) is 9.59 Å². The van der Waals surface area contributed by atoms with Crippen molar-refractivity contribution in [3.63, 3.8) is 0 Å². The molecule has 25 heavy (non-hydrogen) atoms. The molecule has 1 heterocycles. The molecule has 0 radical (unpaired) electrons. The van der Waals surface area contributed by atoms with Crippen molar-refractivity contribution in [3.05, 3.63) is 35.9 Å². The van der Waals surface area contributed by atoms with Crippen LogP contribution in [-0.4, -0.2) is 41.3 Å². The van der Waals surface area contributed by atoms with Crippen molar-refractivity contribution in [2.24, 2.45) is 0 Å². The summed E-state index contributed by atoms with van der Waals surface area (Å²) >= 11 is 0. The van der Waals surface area contributed by atoms with Crippen LogP contribution < -0.4 is 5.32 Å². The third kappa shape index (κ3) is 6.29. The van der Waals surface area contributed by atoms with Gasteiger partial charge >= 0.3 is 12.2 Å². The summed E-state index contributed by atoms with van der Waals surface area (Å²) in [5.74, 6) is 0. The highest BCUT2D eigenvalue weighted by Crippen LogP contribution is 2.23. The van der Waals surface area contributed by atoms with Crippen LogP contribution in [0.25, 0.3) is 0 Å². The highest BCUT2D eigenvalue weighted by atomic mass is 16.6. The quantitative estimate of drug-likeness (QED) is 0.904. The van der Waals surface area contributed by atoms with Gasteiger partial charge in [0.2, 0.25) is 0 Å². The first-order valence-corrected chi connectivity index (χ1v) is 8.64. The van der Waals surface area contributed by atoms with E-state index < -0.39 is 17.2 Å². The monoisotopic (exact) mass is 348 g/mol. The maximum absolute atomic E-state index is 12.3. The van der Waals surface area contributed by atoms with Crippen LogP contribution in [0, 0.1) is 0 Å². The van der Waals surface area contributed by atoms with E-state index in [-0.39, 0.29) is 12.7 Å². The second kappa shape index (κ2) is 7.76. The van der Waals surface area contributed by atoms with Gasteiger partial charge in [-0.15, -0.1) is 0 Å². The number of amides is 2. The number of carbonyl (C=O) groups excluding carboxylic acids is 2.